The van der Waals surface area contributed by atoms with E-state index < -0.39 is 24.2 Å². The third-order valence-electron chi connectivity index (χ3n) is 4.38. The summed E-state index contributed by atoms with van der Waals surface area (Å²) in [6.07, 6.45) is -1.06. The average Bonchev–Trinajstić information content (AvgIpc) is 2.54. The van der Waals surface area contributed by atoms with Crippen LogP contribution >= 0.6 is 0 Å². The topological polar surface area (TPSA) is 54.0 Å². The van der Waals surface area contributed by atoms with Gasteiger partial charge in [0.05, 0.1) is 17.1 Å². The Bertz CT molecular complexity index is 727. The molecule has 4 nitrogen and oxygen atoms in total. The number of rotatable bonds is 2. The Morgan fingerprint density at radius 3 is 2.67 bits per heavy atom. The molecule has 0 bridgehead atoms. The van der Waals surface area contributed by atoms with Crippen molar-refractivity contribution >= 4 is 22.6 Å². The molecule has 1 aliphatic rings. The fourth-order valence-corrected chi connectivity index (χ4v) is 3.23. The number of alkyl halides is 3. The van der Waals surface area contributed by atoms with Crippen LogP contribution in [0.3, 0.4) is 0 Å². The second kappa shape index (κ2) is 6.67. The first-order valence-corrected chi connectivity index (χ1v) is 7.93. The molecule has 0 aliphatic heterocycles. The molecular formula is C17H18F3N3O. The number of hydrogen-bond acceptors (Lipinski definition) is 2. The second-order valence-electron chi connectivity index (χ2n) is 6.02. The van der Waals surface area contributed by atoms with Gasteiger partial charge in [-0.3, -0.25) is 4.98 Å². The predicted octanol–water partition coefficient (Wildman–Crippen LogP) is 4.48. The van der Waals surface area contributed by atoms with Crippen LogP contribution in [0.25, 0.3) is 10.9 Å². The highest BCUT2D eigenvalue weighted by Gasteiger charge is 2.45. The zero-order valence-corrected chi connectivity index (χ0v) is 12.9. The maximum absolute atomic E-state index is 13.1. The highest BCUT2D eigenvalue weighted by molar-refractivity contribution is 5.99. The Labute approximate surface area is 137 Å². The van der Waals surface area contributed by atoms with Crippen LogP contribution in [0.4, 0.5) is 23.7 Å². The number of halogens is 3. The number of hydrogen-bond donors (Lipinski definition) is 2. The molecule has 1 fully saturated rings. The maximum Gasteiger partial charge on any atom is 0.393 e. The van der Waals surface area contributed by atoms with E-state index >= 15 is 0 Å². The summed E-state index contributed by atoms with van der Waals surface area (Å²) in [5.41, 5.74) is 1.08. The number of fused-ring (bicyclic) bond motifs is 1. The summed E-state index contributed by atoms with van der Waals surface area (Å²) in [4.78, 5) is 16.4. The summed E-state index contributed by atoms with van der Waals surface area (Å²) < 4.78 is 39.3. The Hall–Kier alpha value is -2.31. The van der Waals surface area contributed by atoms with Crippen molar-refractivity contribution in [2.24, 2.45) is 5.92 Å². The summed E-state index contributed by atoms with van der Waals surface area (Å²) in [7, 11) is 0. The van der Waals surface area contributed by atoms with E-state index in [1.807, 2.05) is 12.1 Å². The number of para-hydroxylation sites is 1. The SMILES string of the molecule is O=C(Nc1cccc2cccnc12)NC1CCCCC1C(F)(F)F. The first-order chi connectivity index (χ1) is 11.4. The molecule has 2 amide bonds. The van der Waals surface area contributed by atoms with Crippen LogP contribution in [0.15, 0.2) is 36.5 Å². The van der Waals surface area contributed by atoms with Gasteiger partial charge in [0.25, 0.3) is 0 Å². The van der Waals surface area contributed by atoms with E-state index in [1.54, 1.807) is 24.4 Å². The minimum Gasteiger partial charge on any atom is -0.335 e. The lowest BCUT2D eigenvalue weighted by atomic mass is 9.84. The van der Waals surface area contributed by atoms with E-state index in [2.05, 4.69) is 15.6 Å². The lowest BCUT2D eigenvalue weighted by Gasteiger charge is -2.33. The molecule has 1 aromatic carbocycles. The molecule has 0 spiro atoms. The van der Waals surface area contributed by atoms with Gasteiger partial charge >= 0.3 is 12.2 Å². The van der Waals surface area contributed by atoms with Gasteiger partial charge in [-0.1, -0.05) is 31.0 Å². The summed E-state index contributed by atoms with van der Waals surface area (Å²) in [6.45, 7) is 0. The van der Waals surface area contributed by atoms with E-state index in [0.717, 1.165) is 5.39 Å². The molecular weight excluding hydrogens is 319 g/mol. The highest BCUT2D eigenvalue weighted by atomic mass is 19.4. The Morgan fingerprint density at radius 2 is 1.88 bits per heavy atom. The van der Waals surface area contributed by atoms with Gasteiger partial charge in [-0.25, -0.2) is 4.79 Å². The van der Waals surface area contributed by atoms with Crippen LogP contribution in [0.2, 0.25) is 0 Å². The van der Waals surface area contributed by atoms with Crippen LogP contribution in [0, 0.1) is 5.92 Å². The van der Waals surface area contributed by atoms with Crippen LogP contribution in [0.5, 0.6) is 0 Å². The number of benzene rings is 1. The Kier molecular flexibility index (Phi) is 4.59. The number of nitrogens with zero attached hydrogens (tertiary/aromatic N) is 1. The normalized spacial score (nSPS) is 21.5. The Balaban J connectivity index is 1.72. The lowest BCUT2D eigenvalue weighted by Crippen LogP contribution is -2.48. The molecule has 2 aromatic rings. The fourth-order valence-electron chi connectivity index (χ4n) is 3.23. The summed E-state index contributed by atoms with van der Waals surface area (Å²) >= 11 is 0. The summed E-state index contributed by atoms with van der Waals surface area (Å²) in [6, 6.07) is 7.41. The van der Waals surface area contributed by atoms with Gasteiger partial charge in [-0.05, 0) is 25.0 Å². The van der Waals surface area contributed by atoms with Crippen molar-refractivity contribution in [1.82, 2.24) is 10.3 Å². The molecule has 2 N–H and O–H groups in total. The minimum atomic E-state index is -4.29. The third-order valence-corrected chi connectivity index (χ3v) is 4.38. The molecule has 1 heterocycles. The molecule has 0 saturated heterocycles. The summed E-state index contributed by atoms with van der Waals surface area (Å²) in [5, 5.41) is 5.96. The van der Waals surface area contributed by atoms with Crippen molar-refractivity contribution in [3.8, 4) is 0 Å². The molecule has 3 rings (SSSR count). The molecule has 2 unspecified atom stereocenters. The van der Waals surface area contributed by atoms with Crippen molar-refractivity contribution < 1.29 is 18.0 Å². The molecule has 128 valence electrons. The number of carbonyl (C=O) groups excluding carboxylic acids is 1. The number of amides is 2. The van der Waals surface area contributed by atoms with Crippen LogP contribution < -0.4 is 10.6 Å². The number of urea groups is 1. The quantitative estimate of drug-likeness (QED) is 0.849. The Morgan fingerprint density at radius 1 is 1.12 bits per heavy atom. The lowest BCUT2D eigenvalue weighted by molar-refractivity contribution is -0.187. The van der Waals surface area contributed by atoms with Gasteiger partial charge in [0, 0.05) is 17.6 Å². The van der Waals surface area contributed by atoms with Gasteiger partial charge in [0.2, 0.25) is 0 Å². The van der Waals surface area contributed by atoms with Crippen molar-refractivity contribution in [2.75, 3.05) is 5.32 Å². The standard InChI is InChI=1S/C17H18F3N3O/c18-17(19,20)12-7-1-2-8-13(12)22-16(24)23-14-9-3-5-11-6-4-10-21-15(11)14/h3-6,9-10,12-13H,1-2,7-8H2,(H2,22,23,24). The predicted molar refractivity (Wildman–Crippen MR) is 85.7 cm³/mol. The molecule has 0 radical (unpaired) electrons. The van der Waals surface area contributed by atoms with Crippen molar-refractivity contribution in [1.29, 1.82) is 0 Å². The number of nitrogens with one attached hydrogen (secondary N) is 2. The molecule has 2 atom stereocenters. The number of anilines is 1. The van der Waals surface area contributed by atoms with E-state index in [-0.39, 0.29) is 6.42 Å². The van der Waals surface area contributed by atoms with Gasteiger partial charge < -0.3 is 10.6 Å². The molecule has 1 saturated carbocycles. The maximum atomic E-state index is 13.1. The zero-order chi connectivity index (χ0) is 17.2. The van der Waals surface area contributed by atoms with Gasteiger partial charge in [-0.2, -0.15) is 13.2 Å². The van der Waals surface area contributed by atoms with Crippen LogP contribution in [0.1, 0.15) is 25.7 Å². The highest BCUT2D eigenvalue weighted by Crippen LogP contribution is 2.37. The second-order valence-corrected chi connectivity index (χ2v) is 6.02. The smallest absolute Gasteiger partial charge is 0.335 e. The number of pyridine rings is 1. The van der Waals surface area contributed by atoms with Gasteiger partial charge in [-0.15, -0.1) is 0 Å². The zero-order valence-electron chi connectivity index (χ0n) is 12.9. The molecule has 24 heavy (non-hydrogen) atoms. The summed E-state index contributed by atoms with van der Waals surface area (Å²) in [5.74, 6) is -1.48. The van der Waals surface area contributed by atoms with E-state index in [9.17, 15) is 18.0 Å². The first-order valence-electron chi connectivity index (χ1n) is 7.93. The van der Waals surface area contributed by atoms with Crippen molar-refractivity contribution in [3.05, 3.63) is 36.5 Å². The number of carbonyl (C=O) groups is 1. The largest absolute Gasteiger partial charge is 0.393 e. The molecule has 1 aliphatic carbocycles. The van der Waals surface area contributed by atoms with Gasteiger partial charge in [0.1, 0.15) is 0 Å². The van der Waals surface area contributed by atoms with Crippen LogP contribution in [-0.4, -0.2) is 23.2 Å². The average molecular weight is 337 g/mol. The van der Waals surface area contributed by atoms with Gasteiger partial charge in [0.15, 0.2) is 0 Å². The van der Waals surface area contributed by atoms with Crippen molar-refractivity contribution in [2.45, 2.75) is 37.9 Å². The monoisotopic (exact) mass is 337 g/mol. The number of aromatic nitrogens is 1. The third kappa shape index (κ3) is 3.60. The first kappa shape index (κ1) is 16.5. The van der Waals surface area contributed by atoms with Crippen molar-refractivity contribution in [3.63, 3.8) is 0 Å². The fraction of sp³-hybridized carbons (Fsp3) is 0.412. The molecule has 7 heteroatoms. The van der Waals surface area contributed by atoms with E-state index in [0.29, 0.717) is 30.5 Å². The van der Waals surface area contributed by atoms with E-state index in [1.165, 1.54) is 0 Å². The minimum absolute atomic E-state index is 0.0598. The van der Waals surface area contributed by atoms with Crippen LogP contribution in [-0.2, 0) is 0 Å². The van der Waals surface area contributed by atoms with E-state index in [4.69, 9.17) is 0 Å². The molecule has 1 aromatic heterocycles.